The first-order valence-corrected chi connectivity index (χ1v) is 26.8. The van der Waals surface area contributed by atoms with Gasteiger partial charge >= 0.3 is 0 Å². The van der Waals surface area contributed by atoms with Crippen LogP contribution in [-0.4, -0.2) is 35.1 Å². The van der Waals surface area contributed by atoms with Gasteiger partial charge in [-0.25, -0.2) is 0 Å². The second kappa shape index (κ2) is 20.3. The molecule has 0 spiro atoms. The average molecular weight is 1040 g/mol. The number of hydrogen-bond acceptors (Lipinski definition) is 6. The molecule has 0 fully saturated rings. The van der Waals surface area contributed by atoms with Crippen molar-refractivity contribution in [1.82, 2.24) is 9.80 Å². The Balaban J connectivity index is 1.01. The number of para-hydroxylation sites is 4. The highest BCUT2D eigenvalue weighted by molar-refractivity contribution is 6.32. The zero-order valence-electron chi connectivity index (χ0n) is 43.4. The fraction of sp³-hybridized carbons (Fsp3) is 0.0278. The largest absolute Gasteiger partial charge is 0.472 e. The van der Waals surface area contributed by atoms with Gasteiger partial charge < -0.3 is 19.3 Å². The van der Waals surface area contributed by atoms with Gasteiger partial charge in [-0.2, -0.15) is 0 Å². The Bertz CT molecular complexity index is 4060. The predicted octanol–water partition coefficient (Wildman–Crippen LogP) is 17.1. The summed E-state index contributed by atoms with van der Waals surface area (Å²) in [4.78, 5) is 40.3. The summed E-state index contributed by atoms with van der Waals surface area (Å²) in [6, 6.07) is 93.9. The number of amides is 2. The van der Waals surface area contributed by atoms with Crippen LogP contribution < -0.4 is 19.3 Å². The van der Waals surface area contributed by atoms with Crippen LogP contribution >= 0.6 is 0 Å². The maximum atomic E-state index is 16.3. The number of benzene rings is 12. The lowest BCUT2D eigenvalue weighted by Gasteiger charge is -2.29. The van der Waals surface area contributed by atoms with E-state index in [1.165, 1.54) is 0 Å². The van der Waals surface area contributed by atoms with Crippen molar-refractivity contribution in [2.45, 2.75) is 0 Å². The number of rotatable bonds is 14. The third-order valence-corrected chi connectivity index (χ3v) is 15.2. The molecule has 12 aromatic rings. The monoisotopic (exact) mass is 1030 g/mol. The zero-order valence-corrected chi connectivity index (χ0v) is 43.4. The topological polar surface area (TPSA) is 65.6 Å². The molecule has 8 heteroatoms. The van der Waals surface area contributed by atoms with Gasteiger partial charge in [0.15, 0.2) is 13.5 Å². The van der Waals surface area contributed by atoms with Gasteiger partial charge in [-0.15, -0.1) is 0 Å². The first-order chi connectivity index (χ1) is 39.6. The number of carbonyl (C=O) groups excluding carboxylic acids is 2. The van der Waals surface area contributed by atoms with Gasteiger partial charge in [0.1, 0.15) is 11.5 Å². The molecule has 14 rings (SSSR count). The van der Waals surface area contributed by atoms with Crippen LogP contribution in [0.2, 0.25) is 0 Å². The van der Waals surface area contributed by atoms with Crippen LogP contribution in [0.25, 0.3) is 54.5 Å². The third-order valence-electron chi connectivity index (χ3n) is 15.2. The molecular weight excluding hydrogens is 985 g/mol. The van der Waals surface area contributed by atoms with Crippen LogP contribution in [0.1, 0.15) is 11.1 Å². The Kier molecular flexibility index (Phi) is 12.1. The molecule has 0 radical (unpaired) electrons. The minimum Gasteiger partial charge on any atom is -0.472 e. The van der Waals surface area contributed by atoms with E-state index in [1.807, 2.05) is 194 Å². The summed E-state index contributed by atoms with van der Waals surface area (Å²) >= 11 is 0. The summed E-state index contributed by atoms with van der Waals surface area (Å²) < 4.78 is 13.6. The van der Waals surface area contributed by atoms with Gasteiger partial charge in [-0.1, -0.05) is 206 Å². The van der Waals surface area contributed by atoms with E-state index in [9.17, 15) is 0 Å². The Morgan fingerprint density at radius 1 is 0.287 bits per heavy atom. The molecule has 0 aromatic heterocycles. The number of nitrogens with zero attached hydrogens (tertiary/aromatic N) is 4. The molecule has 0 bridgehead atoms. The van der Waals surface area contributed by atoms with Crippen LogP contribution in [0, 0.1) is 0 Å². The van der Waals surface area contributed by atoms with Gasteiger partial charge in [-0.05, 0) is 94.3 Å². The van der Waals surface area contributed by atoms with Crippen LogP contribution in [0.15, 0.2) is 290 Å². The lowest BCUT2D eigenvalue weighted by atomic mass is 9.95. The molecule has 0 aliphatic carbocycles. The average Bonchev–Trinajstić information content (AvgIpc) is 3.98. The lowest BCUT2D eigenvalue weighted by Crippen LogP contribution is -2.34. The summed E-state index contributed by atoms with van der Waals surface area (Å²) in [5.74, 6) is 0.510. The highest BCUT2D eigenvalue weighted by Gasteiger charge is 2.50. The van der Waals surface area contributed by atoms with Crippen molar-refractivity contribution in [2.24, 2.45) is 0 Å². The Morgan fingerprint density at radius 2 is 0.588 bits per heavy atom. The molecular formula is C72H50N4O4. The van der Waals surface area contributed by atoms with E-state index in [0.29, 0.717) is 34.0 Å². The van der Waals surface area contributed by atoms with Gasteiger partial charge in [0, 0.05) is 55.4 Å². The van der Waals surface area contributed by atoms with Gasteiger partial charge in [0.05, 0.1) is 33.9 Å². The summed E-state index contributed by atoms with van der Waals surface area (Å²) in [7, 11) is 0. The van der Waals surface area contributed by atoms with Crippen molar-refractivity contribution < 1.29 is 19.1 Å². The Labute approximate surface area is 463 Å². The third kappa shape index (κ3) is 8.26. The highest BCUT2D eigenvalue weighted by atomic mass is 16.5. The maximum Gasteiger partial charge on any atom is 0.264 e. The molecule has 80 heavy (non-hydrogen) atoms. The first kappa shape index (κ1) is 47.7. The highest BCUT2D eigenvalue weighted by Crippen LogP contribution is 2.51. The summed E-state index contributed by atoms with van der Waals surface area (Å²) in [6.07, 6.45) is 0. The summed E-state index contributed by atoms with van der Waals surface area (Å²) in [5.41, 5.74) is 8.66. The van der Waals surface area contributed by atoms with Crippen molar-refractivity contribution in [3.8, 4) is 11.5 Å². The zero-order chi connectivity index (χ0) is 53.5. The number of anilines is 6. The van der Waals surface area contributed by atoms with E-state index in [-0.39, 0.29) is 36.4 Å². The maximum absolute atomic E-state index is 16.3. The van der Waals surface area contributed by atoms with Gasteiger partial charge in [0.25, 0.3) is 11.8 Å². The molecule has 0 saturated heterocycles. The first-order valence-electron chi connectivity index (χ1n) is 26.8. The minimum atomic E-state index is -0.363. The molecule has 12 aromatic carbocycles. The fourth-order valence-corrected chi connectivity index (χ4v) is 11.6. The molecule has 2 amide bonds. The SMILES string of the molecule is O=C1C2=C(c3ccc(N(c4ccccc4)c4ccccc4)c4ccccc34)N(COc3cccc4ccccc34)C(=O)C2=C(c2ccc(N(c3ccccc3)c3ccccc3)c3ccccc23)N1COc1cccc2ccccc12. The number of hydrogen-bond donors (Lipinski definition) is 0. The lowest BCUT2D eigenvalue weighted by molar-refractivity contribution is -0.126. The quantitative estimate of drug-likeness (QED) is 0.108. The van der Waals surface area contributed by atoms with Crippen LogP contribution in [-0.2, 0) is 9.59 Å². The van der Waals surface area contributed by atoms with Crippen molar-refractivity contribution in [2.75, 3.05) is 23.3 Å². The van der Waals surface area contributed by atoms with Gasteiger partial charge in [0.2, 0.25) is 0 Å². The van der Waals surface area contributed by atoms with Crippen molar-refractivity contribution in [3.05, 3.63) is 301 Å². The molecule has 2 heterocycles. The van der Waals surface area contributed by atoms with Crippen LogP contribution in [0.5, 0.6) is 11.5 Å². The van der Waals surface area contributed by atoms with E-state index in [0.717, 1.165) is 77.2 Å². The second-order valence-corrected chi connectivity index (χ2v) is 19.8. The standard InChI is InChI=1S/C72H50N4O4/c77-71-67-68(70(74(71)48-80-66-42-22-26-50-24-14-16-36-56(50)66)62-44-46-64(60-40-20-18-38-58(60)62)76(53-31-9-3-10-32-53)54-33-11-4-12-34-54)72(78)73(47-79-65-41-21-25-49-23-13-15-35-55(49)65)69(67)61-43-45-63(59-39-19-17-37-57(59)61)75(51-27-5-1-6-28-51)52-29-7-2-8-30-52/h1-46H,47-48H2. The van der Waals surface area contributed by atoms with E-state index >= 15 is 9.59 Å². The Hall–Kier alpha value is -10.7. The molecule has 0 N–H and O–H groups in total. The molecule has 8 nitrogen and oxygen atoms in total. The number of ether oxygens (including phenoxy) is 2. The molecule has 0 atom stereocenters. The normalized spacial score (nSPS) is 13.2. The fourth-order valence-electron chi connectivity index (χ4n) is 11.6. The molecule has 0 unspecified atom stereocenters. The molecule has 382 valence electrons. The van der Waals surface area contributed by atoms with Crippen LogP contribution in [0.3, 0.4) is 0 Å². The Morgan fingerprint density at radius 3 is 0.950 bits per heavy atom. The van der Waals surface area contributed by atoms with E-state index in [1.54, 1.807) is 9.80 Å². The number of carbonyl (C=O) groups is 2. The van der Waals surface area contributed by atoms with E-state index in [2.05, 4.69) is 94.7 Å². The van der Waals surface area contributed by atoms with Crippen molar-refractivity contribution >= 4 is 100 Å². The van der Waals surface area contributed by atoms with Crippen LogP contribution in [0.4, 0.5) is 34.1 Å². The predicted molar refractivity (Wildman–Crippen MR) is 324 cm³/mol. The minimum absolute atomic E-state index is 0.179. The molecule has 2 aliphatic heterocycles. The van der Waals surface area contributed by atoms with Gasteiger partial charge in [-0.3, -0.25) is 19.4 Å². The smallest absolute Gasteiger partial charge is 0.264 e. The molecule has 0 saturated carbocycles. The summed E-state index contributed by atoms with van der Waals surface area (Å²) in [5, 5.41) is 7.39. The number of fused-ring (bicyclic) bond motifs is 5. The van der Waals surface area contributed by atoms with Crippen molar-refractivity contribution in [3.63, 3.8) is 0 Å². The van der Waals surface area contributed by atoms with E-state index in [4.69, 9.17) is 9.47 Å². The summed E-state index contributed by atoms with van der Waals surface area (Å²) in [6.45, 7) is -0.359. The molecule has 2 aliphatic rings. The second-order valence-electron chi connectivity index (χ2n) is 19.8. The van der Waals surface area contributed by atoms with Crippen molar-refractivity contribution in [1.29, 1.82) is 0 Å². The van der Waals surface area contributed by atoms with E-state index < -0.39 is 0 Å².